The summed E-state index contributed by atoms with van der Waals surface area (Å²) in [4.78, 5) is 18.3. The second-order valence-electron chi connectivity index (χ2n) is 8.27. The highest BCUT2D eigenvalue weighted by molar-refractivity contribution is 5.85. The molecule has 1 saturated heterocycles. The van der Waals surface area contributed by atoms with Crippen LogP contribution in [-0.2, 0) is 0 Å². The van der Waals surface area contributed by atoms with Crippen molar-refractivity contribution in [2.45, 2.75) is 26.8 Å². The molecule has 0 saturated carbocycles. The maximum absolute atomic E-state index is 13.8. The largest absolute Gasteiger partial charge is 0.351 e. The Labute approximate surface area is 187 Å². The van der Waals surface area contributed by atoms with Gasteiger partial charge in [0.2, 0.25) is 5.96 Å². The number of guanidine groups is 1. The summed E-state index contributed by atoms with van der Waals surface area (Å²) in [6.07, 6.45) is 3.80. The van der Waals surface area contributed by atoms with Gasteiger partial charge in [-0.3, -0.25) is 10.3 Å². The number of anilines is 1. The van der Waals surface area contributed by atoms with Gasteiger partial charge in [-0.2, -0.15) is 5.26 Å². The Kier molecular flexibility index (Phi) is 6.17. The number of nitrogens with one attached hydrogen (secondary N) is 1. The van der Waals surface area contributed by atoms with Gasteiger partial charge in [-0.05, 0) is 42.7 Å². The normalized spacial score (nSPS) is 17.0. The number of halogens is 1. The van der Waals surface area contributed by atoms with Crippen LogP contribution in [0.1, 0.15) is 19.4 Å². The SMILES string of the molecule is Cc1ccc(F)cc1N=C(NC#N)N1CCN(c2cnc3ccccc3n2)CC1C(C)C. The molecule has 1 aromatic heterocycles. The molecule has 2 heterocycles. The van der Waals surface area contributed by atoms with E-state index in [1.165, 1.54) is 12.1 Å². The Morgan fingerprint density at radius 3 is 2.75 bits per heavy atom. The molecule has 1 atom stereocenters. The fourth-order valence-electron chi connectivity index (χ4n) is 3.98. The van der Waals surface area contributed by atoms with Gasteiger partial charge in [0.15, 0.2) is 6.19 Å². The number of aliphatic imine (C=N–C) groups is 1. The summed E-state index contributed by atoms with van der Waals surface area (Å²) in [5.41, 5.74) is 3.08. The number of piperazine rings is 1. The van der Waals surface area contributed by atoms with Gasteiger partial charge in [-0.25, -0.2) is 14.4 Å². The standard InChI is InChI=1S/C24H26FN7/c1-16(2)22-14-31(23-13-27-19-6-4-5-7-20(19)29-23)10-11-32(22)24(28-15-26)30-21-12-18(25)9-8-17(21)3/h4-9,12-13,16,22H,10-11,14H2,1-3H3,(H,28,30). The predicted molar refractivity (Wildman–Crippen MR) is 124 cm³/mol. The van der Waals surface area contributed by atoms with Crippen LogP contribution in [0.5, 0.6) is 0 Å². The van der Waals surface area contributed by atoms with Crippen LogP contribution in [0.25, 0.3) is 11.0 Å². The number of aryl methyl sites for hydroxylation is 1. The maximum atomic E-state index is 13.8. The monoisotopic (exact) mass is 431 g/mol. The van der Waals surface area contributed by atoms with Gasteiger partial charge in [0.25, 0.3) is 0 Å². The Bertz CT molecular complexity index is 1180. The zero-order valence-electron chi connectivity index (χ0n) is 18.5. The van der Waals surface area contributed by atoms with Gasteiger partial charge >= 0.3 is 0 Å². The average molecular weight is 432 g/mol. The van der Waals surface area contributed by atoms with Crippen LogP contribution in [0.3, 0.4) is 0 Å². The Balaban J connectivity index is 1.63. The number of benzene rings is 2. The molecule has 0 bridgehead atoms. The quantitative estimate of drug-likeness (QED) is 0.292. The van der Waals surface area contributed by atoms with Crippen LogP contribution < -0.4 is 10.2 Å². The van der Waals surface area contributed by atoms with E-state index in [4.69, 9.17) is 4.98 Å². The number of nitrogens with zero attached hydrogens (tertiary/aromatic N) is 6. The molecule has 7 nitrogen and oxygen atoms in total. The van der Waals surface area contributed by atoms with Crippen LogP contribution in [0.4, 0.5) is 15.9 Å². The first-order valence-corrected chi connectivity index (χ1v) is 10.7. The zero-order chi connectivity index (χ0) is 22.7. The first-order valence-electron chi connectivity index (χ1n) is 10.7. The van der Waals surface area contributed by atoms with E-state index in [-0.39, 0.29) is 17.8 Å². The third kappa shape index (κ3) is 4.47. The lowest BCUT2D eigenvalue weighted by atomic mass is 9.99. The molecule has 1 aliphatic heterocycles. The Morgan fingerprint density at radius 1 is 1.22 bits per heavy atom. The summed E-state index contributed by atoms with van der Waals surface area (Å²) >= 11 is 0. The lowest BCUT2D eigenvalue weighted by molar-refractivity contribution is 0.220. The van der Waals surface area contributed by atoms with Crippen molar-refractivity contribution >= 4 is 28.5 Å². The smallest absolute Gasteiger partial charge is 0.212 e. The molecule has 1 N–H and O–H groups in total. The molecule has 1 unspecified atom stereocenters. The topological polar surface area (TPSA) is 80.4 Å². The van der Waals surface area contributed by atoms with E-state index in [1.807, 2.05) is 43.6 Å². The van der Waals surface area contributed by atoms with Crippen molar-refractivity contribution in [1.82, 2.24) is 20.2 Å². The van der Waals surface area contributed by atoms with E-state index in [1.54, 1.807) is 6.07 Å². The highest BCUT2D eigenvalue weighted by Gasteiger charge is 2.32. The summed E-state index contributed by atoms with van der Waals surface area (Å²) in [6, 6.07) is 12.4. The third-order valence-corrected chi connectivity index (χ3v) is 5.79. The fraction of sp³-hybridized carbons (Fsp3) is 0.333. The lowest BCUT2D eigenvalue weighted by Gasteiger charge is -2.44. The minimum Gasteiger partial charge on any atom is -0.351 e. The van der Waals surface area contributed by atoms with Crippen molar-refractivity contribution in [1.29, 1.82) is 5.26 Å². The molecule has 164 valence electrons. The van der Waals surface area contributed by atoms with E-state index in [0.717, 1.165) is 22.4 Å². The highest BCUT2D eigenvalue weighted by Crippen LogP contribution is 2.25. The Hall–Kier alpha value is -3.73. The minimum atomic E-state index is -0.356. The number of nitriles is 1. The predicted octanol–water partition coefficient (Wildman–Crippen LogP) is 3.98. The summed E-state index contributed by atoms with van der Waals surface area (Å²) in [5.74, 6) is 1.20. The molecule has 32 heavy (non-hydrogen) atoms. The lowest BCUT2D eigenvalue weighted by Crippen LogP contribution is -2.59. The number of hydrogen-bond acceptors (Lipinski definition) is 5. The van der Waals surface area contributed by atoms with Gasteiger partial charge in [0.05, 0.1) is 29.0 Å². The van der Waals surface area contributed by atoms with Gasteiger partial charge in [0, 0.05) is 19.6 Å². The molecule has 1 aliphatic rings. The van der Waals surface area contributed by atoms with Crippen molar-refractivity contribution in [2.75, 3.05) is 24.5 Å². The molecule has 3 aromatic rings. The molecule has 0 amide bonds. The van der Waals surface area contributed by atoms with Gasteiger partial charge < -0.3 is 9.80 Å². The van der Waals surface area contributed by atoms with Gasteiger partial charge in [0.1, 0.15) is 11.6 Å². The van der Waals surface area contributed by atoms with Crippen molar-refractivity contribution in [3.8, 4) is 6.19 Å². The van der Waals surface area contributed by atoms with E-state index >= 15 is 0 Å². The van der Waals surface area contributed by atoms with Gasteiger partial charge in [-0.1, -0.05) is 32.0 Å². The number of fused-ring (bicyclic) bond motifs is 1. The summed E-state index contributed by atoms with van der Waals surface area (Å²) in [7, 11) is 0. The van der Waals surface area contributed by atoms with E-state index in [9.17, 15) is 9.65 Å². The number of rotatable bonds is 3. The molecular formula is C24H26FN7. The molecule has 8 heteroatoms. The highest BCUT2D eigenvalue weighted by atomic mass is 19.1. The van der Waals surface area contributed by atoms with Crippen LogP contribution >= 0.6 is 0 Å². The van der Waals surface area contributed by atoms with Crippen LogP contribution in [-0.4, -0.2) is 46.5 Å². The summed E-state index contributed by atoms with van der Waals surface area (Å²) in [6.45, 7) is 8.20. The molecule has 0 radical (unpaired) electrons. The summed E-state index contributed by atoms with van der Waals surface area (Å²) in [5, 5.41) is 12.1. The average Bonchev–Trinajstić information content (AvgIpc) is 2.80. The fourth-order valence-corrected chi connectivity index (χ4v) is 3.98. The molecule has 0 aliphatic carbocycles. The first-order chi connectivity index (χ1) is 15.5. The van der Waals surface area contributed by atoms with Crippen molar-refractivity contribution in [3.05, 3.63) is 60.0 Å². The van der Waals surface area contributed by atoms with Crippen molar-refractivity contribution in [3.63, 3.8) is 0 Å². The number of hydrogen-bond donors (Lipinski definition) is 1. The van der Waals surface area contributed by atoms with Crippen LogP contribution in [0.15, 0.2) is 53.7 Å². The Morgan fingerprint density at radius 2 is 2.00 bits per heavy atom. The summed E-state index contributed by atoms with van der Waals surface area (Å²) < 4.78 is 13.8. The zero-order valence-corrected chi connectivity index (χ0v) is 18.5. The molecule has 4 rings (SSSR count). The van der Waals surface area contributed by atoms with E-state index in [0.29, 0.717) is 31.3 Å². The minimum absolute atomic E-state index is 0.0745. The van der Waals surface area contributed by atoms with Crippen LogP contribution in [0.2, 0.25) is 0 Å². The molecular weight excluding hydrogens is 405 g/mol. The first kappa shape index (κ1) is 21.5. The van der Waals surface area contributed by atoms with Gasteiger partial charge in [-0.15, -0.1) is 0 Å². The molecule has 2 aromatic carbocycles. The van der Waals surface area contributed by atoms with Crippen LogP contribution in [0, 0.1) is 30.1 Å². The third-order valence-electron chi connectivity index (χ3n) is 5.79. The maximum Gasteiger partial charge on any atom is 0.212 e. The van der Waals surface area contributed by atoms with Crippen molar-refractivity contribution < 1.29 is 4.39 Å². The van der Waals surface area contributed by atoms with E-state index < -0.39 is 0 Å². The molecule has 0 spiro atoms. The molecule has 1 fully saturated rings. The second-order valence-corrected chi connectivity index (χ2v) is 8.27. The van der Waals surface area contributed by atoms with Crippen molar-refractivity contribution in [2.24, 2.45) is 10.9 Å². The number of para-hydroxylation sites is 2. The second kappa shape index (κ2) is 9.18. The number of aromatic nitrogens is 2. The van der Waals surface area contributed by atoms with E-state index in [2.05, 4.69) is 38.9 Å².